The molecule has 1 N–H and O–H groups in total. The van der Waals surface area contributed by atoms with Crippen molar-refractivity contribution in [2.75, 3.05) is 0 Å². The first kappa shape index (κ1) is 11.6. The SMILES string of the molecule is CC(=O)c1cc(C(=O)O)n(Cc2cccs2)c1. The van der Waals surface area contributed by atoms with E-state index in [9.17, 15) is 9.59 Å². The van der Waals surface area contributed by atoms with Gasteiger partial charge in [-0.05, 0) is 24.4 Å². The predicted molar refractivity (Wildman–Crippen MR) is 64.8 cm³/mol. The van der Waals surface area contributed by atoms with Crippen LogP contribution in [0, 0.1) is 0 Å². The average molecular weight is 249 g/mol. The van der Waals surface area contributed by atoms with Crippen LogP contribution in [0.2, 0.25) is 0 Å². The standard InChI is InChI=1S/C12H11NO3S/c1-8(14)9-5-11(12(15)16)13(6-9)7-10-3-2-4-17-10/h2-6H,7H2,1H3,(H,15,16). The van der Waals surface area contributed by atoms with Crippen LogP contribution in [-0.4, -0.2) is 21.4 Å². The Hall–Kier alpha value is -1.88. The number of carbonyl (C=O) groups is 2. The predicted octanol–water partition coefficient (Wildman–Crippen LogP) is 2.50. The van der Waals surface area contributed by atoms with Crippen molar-refractivity contribution in [1.29, 1.82) is 0 Å². The molecule has 0 amide bonds. The molecule has 0 aliphatic rings. The molecule has 2 heterocycles. The number of carboxylic acids is 1. The van der Waals surface area contributed by atoms with Gasteiger partial charge < -0.3 is 9.67 Å². The van der Waals surface area contributed by atoms with E-state index in [1.165, 1.54) is 13.0 Å². The molecule has 0 atom stereocenters. The van der Waals surface area contributed by atoms with Gasteiger partial charge in [0.1, 0.15) is 5.69 Å². The number of Topliss-reactive ketones (excluding diaryl/α,β-unsaturated/α-hetero) is 1. The zero-order chi connectivity index (χ0) is 12.4. The minimum absolute atomic E-state index is 0.127. The smallest absolute Gasteiger partial charge is 0.352 e. The van der Waals surface area contributed by atoms with Crippen molar-refractivity contribution >= 4 is 23.1 Å². The number of hydrogen-bond donors (Lipinski definition) is 1. The van der Waals surface area contributed by atoms with Gasteiger partial charge in [-0.15, -0.1) is 11.3 Å². The fourth-order valence-electron chi connectivity index (χ4n) is 1.58. The molecule has 0 fully saturated rings. The number of nitrogens with zero attached hydrogens (tertiary/aromatic N) is 1. The Kier molecular flexibility index (Phi) is 3.10. The Balaban J connectivity index is 2.37. The zero-order valence-corrected chi connectivity index (χ0v) is 10.0. The summed E-state index contributed by atoms with van der Waals surface area (Å²) in [6.45, 7) is 1.91. The van der Waals surface area contributed by atoms with E-state index < -0.39 is 5.97 Å². The second kappa shape index (κ2) is 4.55. The van der Waals surface area contributed by atoms with Gasteiger partial charge in [-0.2, -0.15) is 0 Å². The van der Waals surface area contributed by atoms with Gasteiger partial charge in [-0.25, -0.2) is 4.79 Å². The first-order chi connectivity index (χ1) is 8.08. The fraction of sp³-hybridized carbons (Fsp3) is 0.167. The fourth-order valence-corrected chi connectivity index (χ4v) is 2.29. The summed E-state index contributed by atoms with van der Waals surface area (Å²) in [5.41, 5.74) is 0.572. The molecule has 0 saturated carbocycles. The normalized spacial score (nSPS) is 10.4. The maximum atomic E-state index is 11.2. The lowest BCUT2D eigenvalue weighted by molar-refractivity contribution is 0.0685. The third-order valence-corrected chi connectivity index (χ3v) is 3.29. The third kappa shape index (κ3) is 2.45. The lowest BCUT2D eigenvalue weighted by Gasteiger charge is -2.03. The number of aromatic carboxylic acids is 1. The van der Waals surface area contributed by atoms with Crippen LogP contribution in [0.15, 0.2) is 29.8 Å². The molecule has 17 heavy (non-hydrogen) atoms. The van der Waals surface area contributed by atoms with Crippen LogP contribution in [-0.2, 0) is 6.54 Å². The number of ketones is 1. The topological polar surface area (TPSA) is 59.3 Å². The van der Waals surface area contributed by atoms with E-state index in [0.717, 1.165) is 4.88 Å². The van der Waals surface area contributed by atoms with Gasteiger partial charge in [-0.1, -0.05) is 6.07 Å². The van der Waals surface area contributed by atoms with Crippen LogP contribution in [0.25, 0.3) is 0 Å². The summed E-state index contributed by atoms with van der Waals surface area (Å²) in [7, 11) is 0. The van der Waals surface area contributed by atoms with Crippen molar-refractivity contribution < 1.29 is 14.7 Å². The minimum atomic E-state index is -1.02. The van der Waals surface area contributed by atoms with Gasteiger partial charge in [-0.3, -0.25) is 4.79 Å². The molecule has 5 heteroatoms. The van der Waals surface area contributed by atoms with Crippen LogP contribution < -0.4 is 0 Å². The van der Waals surface area contributed by atoms with Gasteiger partial charge >= 0.3 is 5.97 Å². The molecular formula is C12H11NO3S. The summed E-state index contributed by atoms with van der Waals surface area (Å²) in [6, 6.07) is 5.26. The first-order valence-electron chi connectivity index (χ1n) is 5.04. The van der Waals surface area contributed by atoms with E-state index >= 15 is 0 Å². The lowest BCUT2D eigenvalue weighted by atomic mass is 10.2. The molecule has 88 valence electrons. The maximum Gasteiger partial charge on any atom is 0.352 e. The molecule has 0 saturated heterocycles. The quantitative estimate of drug-likeness (QED) is 0.847. The summed E-state index contributed by atoms with van der Waals surface area (Å²) in [6.07, 6.45) is 1.59. The summed E-state index contributed by atoms with van der Waals surface area (Å²) in [5.74, 6) is -1.15. The van der Waals surface area contributed by atoms with Crippen LogP contribution in [0.1, 0.15) is 32.6 Å². The number of aromatic nitrogens is 1. The highest BCUT2D eigenvalue weighted by Crippen LogP contribution is 2.15. The second-order valence-electron chi connectivity index (χ2n) is 3.68. The molecule has 0 aromatic carbocycles. The molecule has 2 aromatic heterocycles. The highest BCUT2D eigenvalue weighted by atomic mass is 32.1. The zero-order valence-electron chi connectivity index (χ0n) is 9.21. The second-order valence-corrected chi connectivity index (χ2v) is 4.71. The maximum absolute atomic E-state index is 11.2. The van der Waals surface area contributed by atoms with Crippen molar-refractivity contribution in [1.82, 2.24) is 4.57 Å². The molecule has 0 radical (unpaired) electrons. The molecule has 2 aromatic rings. The number of rotatable bonds is 4. The van der Waals surface area contributed by atoms with Crippen molar-refractivity contribution in [2.45, 2.75) is 13.5 Å². The van der Waals surface area contributed by atoms with Crippen LogP contribution in [0.5, 0.6) is 0 Å². The summed E-state index contributed by atoms with van der Waals surface area (Å²) >= 11 is 1.56. The molecule has 4 nitrogen and oxygen atoms in total. The molecule has 2 rings (SSSR count). The number of hydrogen-bond acceptors (Lipinski definition) is 3. The van der Waals surface area contributed by atoms with Crippen molar-refractivity contribution in [2.24, 2.45) is 0 Å². The molecule has 0 unspecified atom stereocenters. The lowest BCUT2D eigenvalue weighted by Crippen LogP contribution is -2.07. The van der Waals surface area contributed by atoms with Gasteiger partial charge in [0, 0.05) is 16.6 Å². The number of thiophene rings is 1. The summed E-state index contributed by atoms with van der Waals surface area (Å²) in [5, 5.41) is 11.0. The van der Waals surface area contributed by atoms with Gasteiger partial charge in [0.2, 0.25) is 0 Å². The Morgan fingerprint density at radius 1 is 1.47 bits per heavy atom. The first-order valence-corrected chi connectivity index (χ1v) is 5.92. The third-order valence-electron chi connectivity index (χ3n) is 2.43. The monoisotopic (exact) mass is 249 g/mol. The van der Waals surface area contributed by atoms with Gasteiger partial charge in [0.05, 0.1) is 6.54 Å². The Morgan fingerprint density at radius 2 is 2.24 bits per heavy atom. The Morgan fingerprint density at radius 3 is 2.76 bits per heavy atom. The molecule has 0 bridgehead atoms. The van der Waals surface area contributed by atoms with E-state index in [1.807, 2.05) is 17.5 Å². The van der Waals surface area contributed by atoms with E-state index in [0.29, 0.717) is 12.1 Å². The summed E-state index contributed by atoms with van der Waals surface area (Å²) in [4.78, 5) is 23.3. The van der Waals surface area contributed by atoms with E-state index in [4.69, 9.17) is 5.11 Å². The van der Waals surface area contributed by atoms with E-state index in [2.05, 4.69) is 0 Å². The van der Waals surface area contributed by atoms with Crippen LogP contribution >= 0.6 is 11.3 Å². The number of carboxylic acid groups (broad SMARTS) is 1. The highest BCUT2D eigenvalue weighted by molar-refractivity contribution is 7.09. The number of carbonyl (C=O) groups excluding carboxylic acids is 1. The van der Waals surface area contributed by atoms with Crippen molar-refractivity contribution in [3.63, 3.8) is 0 Å². The van der Waals surface area contributed by atoms with E-state index in [1.54, 1.807) is 22.1 Å². The Labute approximate surface area is 102 Å². The van der Waals surface area contributed by atoms with E-state index in [-0.39, 0.29) is 11.5 Å². The minimum Gasteiger partial charge on any atom is -0.477 e. The highest BCUT2D eigenvalue weighted by Gasteiger charge is 2.14. The molecular weight excluding hydrogens is 238 g/mol. The molecule has 0 aliphatic heterocycles. The van der Waals surface area contributed by atoms with Crippen LogP contribution in [0.4, 0.5) is 0 Å². The van der Waals surface area contributed by atoms with Gasteiger partial charge in [0.15, 0.2) is 5.78 Å². The van der Waals surface area contributed by atoms with Crippen molar-refractivity contribution in [3.05, 3.63) is 45.9 Å². The molecule has 0 aliphatic carbocycles. The van der Waals surface area contributed by atoms with Crippen LogP contribution in [0.3, 0.4) is 0 Å². The summed E-state index contributed by atoms with van der Waals surface area (Å²) < 4.78 is 1.59. The van der Waals surface area contributed by atoms with Gasteiger partial charge in [0.25, 0.3) is 0 Å². The largest absolute Gasteiger partial charge is 0.477 e. The molecule has 0 spiro atoms. The average Bonchev–Trinajstić information content (AvgIpc) is 2.87. The Bertz CT molecular complexity index is 554. The van der Waals surface area contributed by atoms with Crippen molar-refractivity contribution in [3.8, 4) is 0 Å².